The molecule has 0 saturated heterocycles. The number of nitrogens with one attached hydrogen (secondary N) is 1. The average Bonchev–Trinajstić information content (AvgIpc) is 2.97. The van der Waals surface area contributed by atoms with E-state index in [9.17, 15) is 4.79 Å². The van der Waals surface area contributed by atoms with E-state index >= 15 is 0 Å². The van der Waals surface area contributed by atoms with E-state index < -0.39 is 6.17 Å². The normalized spacial score (nSPS) is 15.6. The number of ether oxygens (including phenoxy) is 1. The Kier molecular flexibility index (Phi) is 4.64. The molecule has 0 radical (unpaired) electrons. The van der Waals surface area contributed by atoms with E-state index in [1.165, 1.54) is 0 Å². The van der Waals surface area contributed by atoms with Crippen LogP contribution in [0.4, 0.5) is 11.4 Å². The molecule has 0 aliphatic carbocycles. The molecular formula is C20H15Cl2N3O2. The molecule has 0 saturated carbocycles. The van der Waals surface area contributed by atoms with E-state index in [1.54, 1.807) is 48.5 Å². The lowest BCUT2D eigenvalue weighted by Gasteiger charge is -2.27. The second-order valence-electron chi connectivity index (χ2n) is 5.98. The summed E-state index contributed by atoms with van der Waals surface area (Å²) in [5.41, 5.74) is 2.52. The highest BCUT2D eigenvalue weighted by Gasteiger charge is 2.39. The summed E-state index contributed by atoms with van der Waals surface area (Å²) in [4.78, 5) is 19.1. The van der Waals surface area contributed by atoms with E-state index in [0.29, 0.717) is 32.7 Å². The number of pyridine rings is 1. The van der Waals surface area contributed by atoms with Crippen LogP contribution < -0.4 is 15.0 Å². The lowest BCUT2D eigenvalue weighted by molar-refractivity contribution is 0.0993. The molecule has 1 aliphatic rings. The van der Waals surface area contributed by atoms with Gasteiger partial charge >= 0.3 is 0 Å². The fourth-order valence-corrected chi connectivity index (χ4v) is 3.43. The Labute approximate surface area is 166 Å². The number of hydrogen-bond acceptors (Lipinski definition) is 4. The number of methoxy groups -OCH3 is 1. The van der Waals surface area contributed by atoms with Crippen molar-refractivity contribution in [2.45, 2.75) is 6.17 Å². The third-order valence-corrected chi connectivity index (χ3v) is 4.94. The van der Waals surface area contributed by atoms with Crippen molar-refractivity contribution in [3.8, 4) is 5.75 Å². The van der Waals surface area contributed by atoms with Gasteiger partial charge in [0.15, 0.2) is 6.17 Å². The first kappa shape index (κ1) is 17.6. The van der Waals surface area contributed by atoms with Crippen molar-refractivity contribution in [1.29, 1.82) is 0 Å². The van der Waals surface area contributed by atoms with Gasteiger partial charge in [0.25, 0.3) is 5.91 Å². The molecule has 0 unspecified atom stereocenters. The van der Waals surface area contributed by atoms with Gasteiger partial charge in [0.2, 0.25) is 0 Å². The van der Waals surface area contributed by atoms with E-state index in [-0.39, 0.29) is 5.91 Å². The van der Waals surface area contributed by atoms with E-state index in [0.717, 1.165) is 5.69 Å². The number of rotatable bonds is 4. The minimum Gasteiger partial charge on any atom is -0.497 e. The van der Waals surface area contributed by atoms with Crippen LogP contribution in [0.5, 0.6) is 5.75 Å². The van der Waals surface area contributed by atoms with Crippen LogP contribution >= 0.6 is 23.2 Å². The van der Waals surface area contributed by atoms with Crippen LogP contribution in [0, 0.1) is 0 Å². The largest absolute Gasteiger partial charge is 0.497 e. The summed E-state index contributed by atoms with van der Waals surface area (Å²) in [6.45, 7) is 0. The van der Waals surface area contributed by atoms with E-state index in [4.69, 9.17) is 27.9 Å². The number of carbonyl (C=O) groups excluding carboxylic acids is 1. The molecule has 136 valence electrons. The summed E-state index contributed by atoms with van der Waals surface area (Å²) in [6.07, 6.45) is 1.15. The standard InChI is InChI=1S/C20H15Cl2N3O2/c1-27-14-7-5-13(6-8-14)25-19(18-15(20(25)26)3-2-10-23-18)24-17-11-12(21)4-9-16(17)22/h2-11,19,24H,1H3/t19-/m1/s1. The molecule has 1 N–H and O–H groups in total. The molecule has 0 fully saturated rings. The second kappa shape index (κ2) is 7.10. The molecule has 0 spiro atoms. The summed E-state index contributed by atoms with van der Waals surface area (Å²) < 4.78 is 5.21. The summed E-state index contributed by atoms with van der Waals surface area (Å²) in [7, 11) is 1.60. The maximum Gasteiger partial charge on any atom is 0.262 e. The Morgan fingerprint density at radius 1 is 1.11 bits per heavy atom. The van der Waals surface area contributed by atoms with Gasteiger partial charge in [-0.15, -0.1) is 0 Å². The summed E-state index contributed by atoms with van der Waals surface area (Å²) in [6, 6.07) is 15.9. The Balaban J connectivity index is 1.78. The maximum absolute atomic E-state index is 13.1. The maximum atomic E-state index is 13.1. The first-order chi connectivity index (χ1) is 13.1. The number of amides is 1. The average molecular weight is 400 g/mol. The fraction of sp³-hybridized carbons (Fsp3) is 0.100. The Bertz CT molecular complexity index is 1010. The predicted molar refractivity (Wildman–Crippen MR) is 107 cm³/mol. The highest BCUT2D eigenvalue weighted by molar-refractivity contribution is 6.35. The first-order valence-corrected chi connectivity index (χ1v) is 8.98. The van der Waals surface area contributed by atoms with Gasteiger partial charge in [-0.1, -0.05) is 23.2 Å². The Hall–Kier alpha value is -2.76. The molecule has 2 heterocycles. The van der Waals surface area contributed by atoms with Crippen molar-refractivity contribution < 1.29 is 9.53 Å². The lowest BCUT2D eigenvalue weighted by Crippen LogP contribution is -2.32. The molecule has 1 aliphatic heterocycles. The molecular weight excluding hydrogens is 385 g/mol. The number of carbonyl (C=O) groups is 1. The molecule has 7 heteroatoms. The lowest BCUT2D eigenvalue weighted by atomic mass is 10.2. The summed E-state index contributed by atoms with van der Waals surface area (Å²) in [5.74, 6) is 0.572. The van der Waals surface area contributed by atoms with Gasteiger partial charge in [-0.05, 0) is 54.6 Å². The van der Waals surface area contributed by atoms with Gasteiger partial charge in [0.05, 0.1) is 29.1 Å². The number of benzene rings is 2. The van der Waals surface area contributed by atoms with Crippen LogP contribution in [0.3, 0.4) is 0 Å². The van der Waals surface area contributed by atoms with Crippen molar-refractivity contribution >= 4 is 40.5 Å². The van der Waals surface area contributed by atoms with Crippen LogP contribution in [0.25, 0.3) is 0 Å². The number of halogens is 2. The SMILES string of the molecule is COc1ccc(N2C(=O)c3cccnc3[C@@H]2Nc2cc(Cl)ccc2Cl)cc1. The quantitative estimate of drug-likeness (QED) is 0.657. The zero-order valence-electron chi connectivity index (χ0n) is 14.3. The van der Waals surface area contributed by atoms with E-state index in [1.807, 2.05) is 24.3 Å². The molecule has 3 aromatic rings. The zero-order chi connectivity index (χ0) is 19.0. The van der Waals surface area contributed by atoms with Crippen LogP contribution in [0.1, 0.15) is 22.2 Å². The smallest absolute Gasteiger partial charge is 0.262 e. The zero-order valence-corrected chi connectivity index (χ0v) is 15.8. The third kappa shape index (κ3) is 3.20. The number of hydrogen-bond donors (Lipinski definition) is 1. The molecule has 27 heavy (non-hydrogen) atoms. The number of aromatic nitrogens is 1. The van der Waals surface area contributed by atoms with Gasteiger partial charge in [-0.2, -0.15) is 0 Å². The topological polar surface area (TPSA) is 54.5 Å². The molecule has 5 nitrogen and oxygen atoms in total. The van der Waals surface area contributed by atoms with Gasteiger partial charge in [0.1, 0.15) is 5.75 Å². The van der Waals surface area contributed by atoms with Crippen LogP contribution in [-0.4, -0.2) is 18.0 Å². The van der Waals surface area contributed by atoms with Crippen LogP contribution in [-0.2, 0) is 0 Å². The van der Waals surface area contributed by atoms with Crippen LogP contribution in [0.15, 0.2) is 60.8 Å². The van der Waals surface area contributed by atoms with Crippen molar-refractivity contribution in [3.63, 3.8) is 0 Å². The molecule has 1 aromatic heterocycles. The first-order valence-electron chi connectivity index (χ1n) is 8.22. The second-order valence-corrected chi connectivity index (χ2v) is 6.82. The summed E-state index contributed by atoms with van der Waals surface area (Å²) in [5, 5.41) is 4.36. The van der Waals surface area contributed by atoms with Crippen molar-refractivity contribution in [1.82, 2.24) is 4.98 Å². The van der Waals surface area contributed by atoms with E-state index in [2.05, 4.69) is 10.3 Å². The van der Waals surface area contributed by atoms with Crippen LogP contribution in [0.2, 0.25) is 10.0 Å². The van der Waals surface area contributed by atoms with Gasteiger partial charge in [0, 0.05) is 16.9 Å². The highest BCUT2D eigenvalue weighted by Crippen LogP contribution is 2.39. The minimum atomic E-state index is -0.516. The van der Waals surface area contributed by atoms with Gasteiger partial charge < -0.3 is 10.1 Å². The predicted octanol–water partition coefficient (Wildman–Crippen LogP) is 5.17. The Morgan fingerprint density at radius 3 is 2.63 bits per heavy atom. The molecule has 4 rings (SSSR count). The summed E-state index contributed by atoms with van der Waals surface area (Å²) >= 11 is 12.4. The van der Waals surface area contributed by atoms with Crippen molar-refractivity contribution in [3.05, 3.63) is 82.1 Å². The van der Waals surface area contributed by atoms with Gasteiger partial charge in [-0.25, -0.2) is 0 Å². The molecule has 0 bridgehead atoms. The monoisotopic (exact) mass is 399 g/mol. The Morgan fingerprint density at radius 2 is 1.89 bits per heavy atom. The third-order valence-electron chi connectivity index (χ3n) is 4.38. The molecule has 2 aromatic carbocycles. The fourth-order valence-electron chi connectivity index (χ4n) is 3.08. The minimum absolute atomic E-state index is 0.140. The van der Waals surface area contributed by atoms with Gasteiger partial charge in [-0.3, -0.25) is 14.7 Å². The number of nitrogens with zero attached hydrogens (tertiary/aromatic N) is 2. The molecule has 1 amide bonds. The number of fused-ring (bicyclic) bond motifs is 1. The van der Waals surface area contributed by atoms with Crippen molar-refractivity contribution in [2.75, 3.05) is 17.3 Å². The number of anilines is 2. The van der Waals surface area contributed by atoms with Crippen molar-refractivity contribution in [2.24, 2.45) is 0 Å². The highest BCUT2D eigenvalue weighted by atomic mass is 35.5. The molecule has 1 atom stereocenters.